The number of piperazine rings is 1. The Hall–Kier alpha value is -2.28. The summed E-state index contributed by atoms with van der Waals surface area (Å²) in [5, 5.41) is 6.37. The second kappa shape index (κ2) is 8.84. The van der Waals surface area contributed by atoms with Crippen LogP contribution in [0.25, 0.3) is 10.2 Å². The zero-order chi connectivity index (χ0) is 21.3. The summed E-state index contributed by atoms with van der Waals surface area (Å²) in [6.07, 6.45) is 5.83. The van der Waals surface area contributed by atoms with Gasteiger partial charge in [-0.2, -0.15) is 0 Å². The molecule has 0 bridgehead atoms. The summed E-state index contributed by atoms with van der Waals surface area (Å²) >= 11 is 1.65. The highest BCUT2D eigenvalue weighted by Crippen LogP contribution is 2.27. The van der Waals surface area contributed by atoms with Crippen LogP contribution in [0.4, 0.5) is 4.79 Å². The lowest BCUT2D eigenvalue weighted by Gasteiger charge is -2.40. The third-order valence-electron chi connectivity index (χ3n) is 6.26. The van der Waals surface area contributed by atoms with E-state index in [0.29, 0.717) is 37.9 Å². The molecule has 1 saturated carbocycles. The van der Waals surface area contributed by atoms with Crippen LogP contribution in [0, 0.1) is 0 Å². The Balaban J connectivity index is 1.43. The summed E-state index contributed by atoms with van der Waals surface area (Å²) in [6, 6.07) is 4.37. The van der Waals surface area contributed by atoms with E-state index in [9.17, 15) is 9.59 Å². The predicted octanol–water partition coefficient (Wildman–Crippen LogP) is 4.47. The quantitative estimate of drug-likeness (QED) is 0.731. The number of nitrogens with zero attached hydrogens (tertiary/aromatic N) is 3. The van der Waals surface area contributed by atoms with E-state index in [-0.39, 0.29) is 18.0 Å². The number of urea groups is 1. The van der Waals surface area contributed by atoms with Crippen LogP contribution in [0.1, 0.15) is 56.4 Å². The zero-order valence-electron chi connectivity index (χ0n) is 18.0. The van der Waals surface area contributed by atoms with Crippen LogP contribution in [0.2, 0.25) is 0 Å². The molecular formula is C23H32N4O2S. The van der Waals surface area contributed by atoms with Crippen molar-refractivity contribution >= 4 is 33.5 Å². The lowest BCUT2D eigenvalue weighted by Crippen LogP contribution is -2.58. The molecule has 0 radical (unpaired) electrons. The molecule has 1 unspecified atom stereocenters. The van der Waals surface area contributed by atoms with Gasteiger partial charge in [-0.25, -0.2) is 4.79 Å². The average Bonchev–Trinajstić information content (AvgIpc) is 3.30. The van der Waals surface area contributed by atoms with Crippen molar-refractivity contribution in [2.24, 2.45) is 0 Å². The van der Waals surface area contributed by atoms with Gasteiger partial charge in [0.2, 0.25) is 0 Å². The number of allylic oxidation sites excluding steroid dienone is 1. The van der Waals surface area contributed by atoms with Gasteiger partial charge in [-0.15, -0.1) is 11.3 Å². The van der Waals surface area contributed by atoms with Gasteiger partial charge in [0.1, 0.15) is 10.5 Å². The molecule has 1 aliphatic carbocycles. The summed E-state index contributed by atoms with van der Waals surface area (Å²) < 4.78 is 2.08. The van der Waals surface area contributed by atoms with Crippen molar-refractivity contribution in [2.45, 2.75) is 64.6 Å². The van der Waals surface area contributed by atoms with Crippen LogP contribution in [-0.4, -0.2) is 58.0 Å². The highest BCUT2D eigenvalue weighted by atomic mass is 32.1. The van der Waals surface area contributed by atoms with E-state index in [2.05, 4.69) is 27.9 Å². The fourth-order valence-corrected chi connectivity index (χ4v) is 5.59. The van der Waals surface area contributed by atoms with Gasteiger partial charge < -0.3 is 19.7 Å². The third-order valence-corrected chi connectivity index (χ3v) is 7.21. The number of nitrogens with one attached hydrogen (secondary N) is 1. The summed E-state index contributed by atoms with van der Waals surface area (Å²) in [6.45, 7) is 10.4. The first-order chi connectivity index (χ1) is 14.4. The smallest absolute Gasteiger partial charge is 0.317 e. The molecule has 2 fully saturated rings. The van der Waals surface area contributed by atoms with Crippen molar-refractivity contribution in [3.8, 4) is 0 Å². The zero-order valence-corrected chi connectivity index (χ0v) is 18.8. The van der Waals surface area contributed by atoms with Crippen molar-refractivity contribution in [2.75, 3.05) is 19.6 Å². The monoisotopic (exact) mass is 428 g/mol. The van der Waals surface area contributed by atoms with E-state index in [1.165, 1.54) is 19.3 Å². The Labute approximate surface area is 182 Å². The summed E-state index contributed by atoms with van der Waals surface area (Å²) in [4.78, 5) is 31.0. The topological polar surface area (TPSA) is 57.6 Å². The van der Waals surface area contributed by atoms with Crippen molar-refractivity contribution in [1.29, 1.82) is 0 Å². The first-order valence-electron chi connectivity index (χ1n) is 11.0. The maximum Gasteiger partial charge on any atom is 0.317 e. The van der Waals surface area contributed by atoms with Crippen LogP contribution in [0.5, 0.6) is 0 Å². The molecule has 3 heterocycles. The fourth-order valence-electron chi connectivity index (χ4n) is 4.69. The summed E-state index contributed by atoms with van der Waals surface area (Å²) in [5.41, 5.74) is 1.74. The van der Waals surface area contributed by atoms with Crippen LogP contribution in [0.15, 0.2) is 29.7 Å². The molecule has 2 aliphatic rings. The van der Waals surface area contributed by atoms with E-state index >= 15 is 0 Å². The molecule has 2 aromatic rings. The molecule has 1 atom stereocenters. The molecule has 7 heteroatoms. The molecule has 30 heavy (non-hydrogen) atoms. The van der Waals surface area contributed by atoms with E-state index in [1.807, 2.05) is 29.7 Å². The SMILES string of the molecule is C=C(C)Cn1c(C(=O)N2CCN(C(=O)NC3CCCCC3)C(C)C2)cc2ccsc21. The van der Waals surface area contributed by atoms with Crippen LogP contribution in [-0.2, 0) is 6.54 Å². The van der Waals surface area contributed by atoms with Gasteiger partial charge in [0, 0.05) is 43.6 Å². The Bertz CT molecular complexity index is 940. The molecule has 6 nitrogen and oxygen atoms in total. The van der Waals surface area contributed by atoms with Gasteiger partial charge >= 0.3 is 6.03 Å². The molecule has 2 aromatic heterocycles. The number of carbonyl (C=O) groups excluding carboxylic acids is 2. The van der Waals surface area contributed by atoms with E-state index < -0.39 is 0 Å². The Morgan fingerprint density at radius 2 is 2.00 bits per heavy atom. The van der Waals surface area contributed by atoms with Gasteiger partial charge in [0.15, 0.2) is 0 Å². The second-order valence-electron chi connectivity index (χ2n) is 8.83. The number of hydrogen-bond donors (Lipinski definition) is 1. The molecule has 0 spiro atoms. The molecule has 4 rings (SSSR count). The minimum Gasteiger partial charge on any atom is -0.335 e. The first kappa shape index (κ1) is 21.0. The number of amides is 3. The highest BCUT2D eigenvalue weighted by Gasteiger charge is 2.32. The summed E-state index contributed by atoms with van der Waals surface area (Å²) in [7, 11) is 0. The number of fused-ring (bicyclic) bond motifs is 1. The Morgan fingerprint density at radius 1 is 1.23 bits per heavy atom. The molecule has 1 N–H and O–H groups in total. The number of carbonyl (C=O) groups is 2. The average molecular weight is 429 g/mol. The van der Waals surface area contributed by atoms with Crippen molar-refractivity contribution in [1.82, 2.24) is 19.7 Å². The minimum absolute atomic E-state index is 0.00281. The van der Waals surface area contributed by atoms with Crippen LogP contribution < -0.4 is 5.32 Å². The largest absolute Gasteiger partial charge is 0.335 e. The Morgan fingerprint density at radius 3 is 2.70 bits per heavy atom. The number of thiophene rings is 1. The first-order valence-corrected chi connectivity index (χ1v) is 11.9. The van der Waals surface area contributed by atoms with E-state index in [0.717, 1.165) is 28.6 Å². The number of aromatic nitrogens is 1. The van der Waals surface area contributed by atoms with Crippen molar-refractivity contribution in [3.63, 3.8) is 0 Å². The van der Waals surface area contributed by atoms with Gasteiger partial charge in [-0.3, -0.25) is 4.79 Å². The number of hydrogen-bond acceptors (Lipinski definition) is 3. The fraction of sp³-hybridized carbons (Fsp3) is 0.565. The van der Waals surface area contributed by atoms with Crippen LogP contribution in [0.3, 0.4) is 0 Å². The number of rotatable bonds is 4. The molecule has 1 aliphatic heterocycles. The van der Waals surface area contributed by atoms with Gasteiger partial charge in [0.25, 0.3) is 5.91 Å². The van der Waals surface area contributed by atoms with Crippen molar-refractivity contribution < 1.29 is 9.59 Å². The predicted molar refractivity (Wildman–Crippen MR) is 122 cm³/mol. The van der Waals surface area contributed by atoms with Crippen molar-refractivity contribution in [3.05, 3.63) is 35.4 Å². The standard InChI is InChI=1S/C23H32N4O2S/c1-16(2)14-27-20(13-18-9-12-30-22(18)27)21(28)25-10-11-26(17(3)15-25)23(29)24-19-7-5-4-6-8-19/h9,12-13,17,19H,1,4-8,10-11,14-15H2,2-3H3,(H,24,29). The normalized spacial score (nSPS) is 20.5. The molecule has 3 amide bonds. The molecular weight excluding hydrogens is 396 g/mol. The maximum absolute atomic E-state index is 13.4. The Kier molecular flexibility index (Phi) is 6.18. The van der Waals surface area contributed by atoms with E-state index in [4.69, 9.17) is 0 Å². The summed E-state index contributed by atoms with van der Waals surface area (Å²) in [5.74, 6) is 0.0406. The van der Waals surface area contributed by atoms with Gasteiger partial charge in [-0.05, 0) is 44.2 Å². The lowest BCUT2D eigenvalue weighted by molar-refractivity contribution is 0.0566. The molecule has 162 valence electrons. The molecule has 0 aromatic carbocycles. The maximum atomic E-state index is 13.4. The third kappa shape index (κ3) is 4.26. The van der Waals surface area contributed by atoms with Gasteiger partial charge in [-0.1, -0.05) is 31.4 Å². The lowest BCUT2D eigenvalue weighted by atomic mass is 9.96. The van der Waals surface area contributed by atoms with Gasteiger partial charge in [0.05, 0.1) is 0 Å². The second-order valence-corrected chi connectivity index (χ2v) is 9.73. The molecule has 1 saturated heterocycles. The van der Waals surface area contributed by atoms with E-state index in [1.54, 1.807) is 11.3 Å². The minimum atomic E-state index is -0.00281. The highest BCUT2D eigenvalue weighted by molar-refractivity contribution is 7.16. The van der Waals surface area contributed by atoms with Crippen LogP contribution >= 0.6 is 11.3 Å².